The van der Waals surface area contributed by atoms with E-state index in [1.165, 1.54) is 12.8 Å². The number of rotatable bonds is 4. The second-order valence-electron chi connectivity index (χ2n) is 4.66. The molecule has 0 aliphatic carbocycles. The Hall–Kier alpha value is -1.29. The summed E-state index contributed by atoms with van der Waals surface area (Å²) in [4.78, 5) is 14.0. The van der Waals surface area contributed by atoms with Crippen LogP contribution in [0.25, 0.3) is 0 Å². The van der Waals surface area contributed by atoms with Crippen molar-refractivity contribution in [3.05, 3.63) is 23.7 Å². The molecular weight excluding hydrogens is 216 g/mol. The molecule has 2 heterocycles. The Kier molecular flexibility index (Phi) is 3.84. The molecule has 1 fully saturated rings. The van der Waals surface area contributed by atoms with Crippen molar-refractivity contribution in [2.75, 3.05) is 13.1 Å². The average molecular weight is 236 g/mol. The Balaban J connectivity index is 1.96. The van der Waals surface area contributed by atoms with Gasteiger partial charge in [-0.3, -0.25) is 4.79 Å². The molecule has 0 saturated carbocycles. The molecule has 0 spiro atoms. The highest BCUT2D eigenvalue weighted by Gasteiger charge is 2.27. The molecule has 2 N–H and O–H groups in total. The first-order valence-electron chi connectivity index (χ1n) is 6.32. The number of likely N-dealkylation sites (tertiary alicyclic amines) is 1. The van der Waals surface area contributed by atoms with E-state index in [4.69, 9.17) is 10.2 Å². The molecule has 1 aromatic rings. The molecule has 94 valence electrons. The molecule has 0 aromatic carbocycles. The van der Waals surface area contributed by atoms with Gasteiger partial charge in [-0.05, 0) is 30.9 Å². The van der Waals surface area contributed by atoms with Gasteiger partial charge in [0, 0.05) is 13.1 Å². The normalized spacial score (nSPS) is 19.9. The number of hydrogen-bond acceptors (Lipinski definition) is 3. The van der Waals surface area contributed by atoms with Crippen LogP contribution in [0, 0.1) is 5.92 Å². The minimum Gasteiger partial charge on any atom is -0.455 e. The van der Waals surface area contributed by atoms with Gasteiger partial charge >= 0.3 is 0 Å². The molecule has 1 aromatic heterocycles. The summed E-state index contributed by atoms with van der Waals surface area (Å²) in [6.07, 6.45) is 3.50. The van der Waals surface area contributed by atoms with Gasteiger partial charge < -0.3 is 15.1 Å². The summed E-state index contributed by atoms with van der Waals surface area (Å²) < 4.78 is 5.39. The predicted molar refractivity (Wildman–Crippen MR) is 65.5 cm³/mol. The third kappa shape index (κ3) is 2.69. The maximum atomic E-state index is 12.1. The van der Waals surface area contributed by atoms with Crippen LogP contribution in [0.3, 0.4) is 0 Å². The van der Waals surface area contributed by atoms with E-state index < -0.39 is 0 Å². The van der Waals surface area contributed by atoms with Crippen LogP contribution in [0.1, 0.15) is 42.5 Å². The van der Waals surface area contributed by atoms with Crippen LogP contribution in [-0.4, -0.2) is 23.9 Å². The number of carbonyl (C=O) groups is 1. The fraction of sp³-hybridized carbons (Fsp3) is 0.615. The minimum absolute atomic E-state index is 0.00306. The van der Waals surface area contributed by atoms with E-state index in [0.29, 0.717) is 24.0 Å². The smallest absolute Gasteiger partial charge is 0.289 e. The largest absolute Gasteiger partial charge is 0.455 e. The highest BCUT2D eigenvalue weighted by atomic mass is 16.4. The maximum Gasteiger partial charge on any atom is 0.289 e. The van der Waals surface area contributed by atoms with Crippen molar-refractivity contribution in [3.63, 3.8) is 0 Å². The van der Waals surface area contributed by atoms with E-state index in [1.807, 2.05) is 4.90 Å². The summed E-state index contributed by atoms with van der Waals surface area (Å²) in [5.74, 6) is 1.75. The van der Waals surface area contributed by atoms with Crippen molar-refractivity contribution < 1.29 is 9.21 Å². The number of nitrogens with two attached hydrogens (primary N) is 1. The summed E-state index contributed by atoms with van der Waals surface area (Å²) >= 11 is 0. The molecule has 17 heavy (non-hydrogen) atoms. The molecule has 1 unspecified atom stereocenters. The van der Waals surface area contributed by atoms with Crippen molar-refractivity contribution in [3.8, 4) is 0 Å². The Morgan fingerprint density at radius 2 is 2.41 bits per heavy atom. The van der Waals surface area contributed by atoms with E-state index in [0.717, 1.165) is 19.5 Å². The molecule has 4 heteroatoms. The highest BCUT2D eigenvalue weighted by Crippen LogP contribution is 2.23. The third-order valence-electron chi connectivity index (χ3n) is 3.34. The minimum atomic E-state index is 0.00306. The van der Waals surface area contributed by atoms with Crippen LogP contribution in [-0.2, 0) is 6.54 Å². The van der Waals surface area contributed by atoms with Gasteiger partial charge in [0.1, 0.15) is 5.76 Å². The standard InChI is InChI=1S/C13H20N2O2/c1-2-3-10-6-7-15(9-10)13(16)12-5-4-11(8-14)17-12/h4-5,10H,2-3,6-9,14H2,1H3. The molecule has 4 nitrogen and oxygen atoms in total. The zero-order valence-electron chi connectivity index (χ0n) is 10.3. The number of hydrogen-bond donors (Lipinski definition) is 1. The SMILES string of the molecule is CCCC1CCN(C(=O)c2ccc(CN)o2)C1. The molecule has 1 aliphatic rings. The Morgan fingerprint density at radius 1 is 1.59 bits per heavy atom. The van der Waals surface area contributed by atoms with E-state index in [-0.39, 0.29) is 5.91 Å². The van der Waals surface area contributed by atoms with E-state index in [1.54, 1.807) is 12.1 Å². The van der Waals surface area contributed by atoms with Gasteiger partial charge in [-0.15, -0.1) is 0 Å². The van der Waals surface area contributed by atoms with Crippen LogP contribution in [0.15, 0.2) is 16.5 Å². The molecule has 0 bridgehead atoms. The first-order valence-corrected chi connectivity index (χ1v) is 6.32. The summed E-state index contributed by atoms with van der Waals surface area (Å²) in [7, 11) is 0. The summed E-state index contributed by atoms with van der Waals surface area (Å²) in [6.45, 7) is 4.24. The third-order valence-corrected chi connectivity index (χ3v) is 3.34. The van der Waals surface area contributed by atoms with Gasteiger partial charge in [-0.2, -0.15) is 0 Å². The van der Waals surface area contributed by atoms with Crippen molar-refractivity contribution in [2.45, 2.75) is 32.7 Å². The summed E-state index contributed by atoms with van der Waals surface area (Å²) in [5, 5.41) is 0. The molecular formula is C13H20N2O2. The molecule has 1 amide bonds. The van der Waals surface area contributed by atoms with Crippen LogP contribution in [0.2, 0.25) is 0 Å². The number of nitrogens with zero attached hydrogens (tertiary/aromatic N) is 1. The molecule has 1 aliphatic heterocycles. The zero-order valence-corrected chi connectivity index (χ0v) is 10.3. The van der Waals surface area contributed by atoms with Gasteiger partial charge in [-0.1, -0.05) is 13.3 Å². The van der Waals surface area contributed by atoms with Crippen LogP contribution in [0.4, 0.5) is 0 Å². The van der Waals surface area contributed by atoms with Gasteiger partial charge in [0.2, 0.25) is 0 Å². The Morgan fingerprint density at radius 3 is 3.06 bits per heavy atom. The van der Waals surface area contributed by atoms with Crippen LogP contribution < -0.4 is 5.73 Å². The van der Waals surface area contributed by atoms with Crippen molar-refractivity contribution in [1.29, 1.82) is 0 Å². The second-order valence-corrected chi connectivity index (χ2v) is 4.66. The first kappa shape index (κ1) is 12.2. The van der Waals surface area contributed by atoms with Crippen molar-refractivity contribution >= 4 is 5.91 Å². The van der Waals surface area contributed by atoms with E-state index >= 15 is 0 Å². The lowest BCUT2D eigenvalue weighted by molar-refractivity contribution is 0.0753. The van der Waals surface area contributed by atoms with Gasteiger partial charge in [0.05, 0.1) is 6.54 Å². The monoisotopic (exact) mass is 236 g/mol. The number of amides is 1. The van der Waals surface area contributed by atoms with E-state index in [2.05, 4.69) is 6.92 Å². The van der Waals surface area contributed by atoms with Crippen molar-refractivity contribution in [2.24, 2.45) is 11.7 Å². The number of furan rings is 1. The quantitative estimate of drug-likeness (QED) is 0.869. The fourth-order valence-electron chi connectivity index (χ4n) is 2.42. The summed E-state index contributed by atoms with van der Waals surface area (Å²) in [6, 6.07) is 3.49. The lowest BCUT2D eigenvalue weighted by atomic mass is 10.0. The molecule has 1 saturated heterocycles. The lowest BCUT2D eigenvalue weighted by Gasteiger charge is -2.14. The van der Waals surface area contributed by atoms with Crippen LogP contribution >= 0.6 is 0 Å². The van der Waals surface area contributed by atoms with E-state index in [9.17, 15) is 4.79 Å². The van der Waals surface area contributed by atoms with Crippen LogP contribution in [0.5, 0.6) is 0 Å². The highest BCUT2D eigenvalue weighted by molar-refractivity contribution is 5.91. The molecule has 1 atom stereocenters. The lowest BCUT2D eigenvalue weighted by Crippen LogP contribution is -2.28. The molecule has 2 rings (SSSR count). The Bertz CT molecular complexity index is 387. The molecule has 0 radical (unpaired) electrons. The maximum absolute atomic E-state index is 12.1. The predicted octanol–water partition coefficient (Wildman–Crippen LogP) is 2.00. The first-order chi connectivity index (χ1) is 8.24. The number of carbonyl (C=O) groups excluding carboxylic acids is 1. The average Bonchev–Trinajstić information content (AvgIpc) is 2.97. The van der Waals surface area contributed by atoms with Gasteiger partial charge in [0.25, 0.3) is 5.91 Å². The second kappa shape index (κ2) is 5.36. The fourth-order valence-corrected chi connectivity index (χ4v) is 2.42. The van der Waals surface area contributed by atoms with Crippen molar-refractivity contribution in [1.82, 2.24) is 4.90 Å². The van der Waals surface area contributed by atoms with Gasteiger partial charge in [-0.25, -0.2) is 0 Å². The Labute approximate surface area is 102 Å². The zero-order chi connectivity index (χ0) is 12.3. The van der Waals surface area contributed by atoms with Gasteiger partial charge in [0.15, 0.2) is 5.76 Å². The topological polar surface area (TPSA) is 59.5 Å². The summed E-state index contributed by atoms with van der Waals surface area (Å²) in [5.41, 5.74) is 5.46.